The maximum atomic E-state index is 5.69. The van der Waals surface area contributed by atoms with E-state index in [9.17, 15) is 0 Å². The van der Waals surface area contributed by atoms with Crippen LogP contribution >= 0.6 is 12.2 Å². The zero-order valence-electron chi connectivity index (χ0n) is 11.4. The zero-order valence-corrected chi connectivity index (χ0v) is 12.2. The van der Waals surface area contributed by atoms with E-state index in [2.05, 4.69) is 10.2 Å². The van der Waals surface area contributed by atoms with Crippen molar-refractivity contribution >= 4 is 17.3 Å². The maximum absolute atomic E-state index is 5.69. The van der Waals surface area contributed by atoms with E-state index in [1.165, 1.54) is 70.8 Å². The van der Waals surface area contributed by atoms with Crippen LogP contribution < -0.4 is 5.32 Å². The summed E-state index contributed by atoms with van der Waals surface area (Å²) in [6.45, 7) is 1.19. The normalized spacial score (nSPS) is 33.2. The first kappa shape index (κ1) is 12.7. The molecule has 0 amide bonds. The molecule has 2 nitrogen and oxygen atoms in total. The highest BCUT2D eigenvalue weighted by Gasteiger charge is 2.36. The molecular formula is C15H26N2S. The molecule has 102 valence electrons. The van der Waals surface area contributed by atoms with Crippen molar-refractivity contribution < 1.29 is 0 Å². The van der Waals surface area contributed by atoms with E-state index in [4.69, 9.17) is 12.2 Å². The Hall–Kier alpha value is -0.310. The van der Waals surface area contributed by atoms with Crippen molar-refractivity contribution in [3.63, 3.8) is 0 Å². The molecule has 0 aromatic carbocycles. The standard InChI is InChI=1S/C15H26N2S/c18-15(16-13-8-2-1-3-9-13)17-11-5-7-12-6-4-10-14(12)17/h12-14H,1-11H2,(H,16,18). The van der Waals surface area contributed by atoms with E-state index in [0.717, 1.165) is 17.1 Å². The Kier molecular flexibility index (Phi) is 4.07. The molecule has 2 unspecified atom stereocenters. The van der Waals surface area contributed by atoms with Crippen LogP contribution in [0, 0.1) is 5.92 Å². The molecule has 18 heavy (non-hydrogen) atoms. The minimum Gasteiger partial charge on any atom is -0.360 e. The molecule has 0 radical (unpaired) electrons. The molecule has 2 aliphatic carbocycles. The van der Waals surface area contributed by atoms with E-state index >= 15 is 0 Å². The molecule has 3 aliphatic rings. The van der Waals surface area contributed by atoms with Gasteiger partial charge in [0, 0.05) is 18.6 Å². The van der Waals surface area contributed by atoms with Gasteiger partial charge in [-0.25, -0.2) is 0 Å². The fourth-order valence-electron chi connectivity index (χ4n) is 4.21. The molecule has 0 bridgehead atoms. The summed E-state index contributed by atoms with van der Waals surface area (Å²) in [5.74, 6) is 0.935. The van der Waals surface area contributed by atoms with Gasteiger partial charge < -0.3 is 10.2 Å². The molecule has 3 rings (SSSR count). The molecule has 1 N–H and O–H groups in total. The number of nitrogens with zero attached hydrogens (tertiary/aromatic N) is 1. The molecule has 0 aromatic rings. The number of thiocarbonyl (C=S) groups is 1. The lowest BCUT2D eigenvalue weighted by atomic mass is 9.92. The number of hydrogen-bond acceptors (Lipinski definition) is 1. The molecule has 3 fully saturated rings. The second-order valence-electron chi connectivity index (χ2n) is 6.38. The molecule has 1 saturated heterocycles. The molecule has 3 heteroatoms. The van der Waals surface area contributed by atoms with Crippen molar-refractivity contribution in [3.05, 3.63) is 0 Å². The number of likely N-dealkylation sites (tertiary alicyclic amines) is 1. The number of nitrogens with one attached hydrogen (secondary N) is 1. The van der Waals surface area contributed by atoms with E-state index in [1.807, 2.05) is 0 Å². The van der Waals surface area contributed by atoms with Gasteiger partial charge in [0.15, 0.2) is 5.11 Å². The van der Waals surface area contributed by atoms with Crippen molar-refractivity contribution in [1.29, 1.82) is 0 Å². The van der Waals surface area contributed by atoms with E-state index in [-0.39, 0.29) is 0 Å². The summed E-state index contributed by atoms with van der Waals surface area (Å²) in [7, 11) is 0. The third kappa shape index (κ3) is 2.66. The topological polar surface area (TPSA) is 15.3 Å². The minimum absolute atomic E-state index is 0.660. The number of fused-ring (bicyclic) bond motifs is 1. The van der Waals surface area contributed by atoms with Crippen LogP contribution in [0.3, 0.4) is 0 Å². The summed E-state index contributed by atoms with van der Waals surface area (Å²) in [5, 5.41) is 4.73. The van der Waals surface area contributed by atoms with E-state index in [1.54, 1.807) is 0 Å². The van der Waals surface area contributed by atoms with Crippen LogP contribution in [0.2, 0.25) is 0 Å². The average Bonchev–Trinajstić information content (AvgIpc) is 2.87. The van der Waals surface area contributed by atoms with Crippen molar-refractivity contribution in [2.75, 3.05) is 6.54 Å². The Morgan fingerprint density at radius 3 is 2.50 bits per heavy atom. The highest BCUT2D eigenvalue weighted by molar-refractivity contribution is 7.80. The van der Waals surface area contributed by atoms with Gasteiger partial charge >= 0.3 is 0 Å². The highest BCUT2D eigenvalue weighted by atomic mass is 32.1. The van der Waals surface area contributed by atoms with Crippen LogP contribution in [-0.2, 0) is 0 Å². The Morgan fingerprint density at radius 1 is 0.889 bits per heavy atom. The summed E-state index contributed by atoms with van der Waals surface area (Å²) in [4.78, 5) is 2.53. The van der Waals surface area contributed by atoms with Crippen LogP contribution in [0.15, 0.2) is 0 Å². The van der Waals surface area contributed by atoms with Crippen molar-refractivity contribution in [2.24, 2.45) is 5.92 Å². The Morgan fingerprint density at radius 2 is 1.67 bits per heavy atom. The Labute approximate surface area is 116 Å². The van der Waals surface area contributed by atoms with Gasteiger partial charge in [0.2, 0.25) is 0 Å². The van der Waals surface area contributed by atoms with Gasteiger partial charge in [-0.1, -0.05) is 25.7 Å². The lowest BCUT2D eigenvalue weighted by molar-refractivity contribution is 0.187. The smallest absolute Gasteiger partial charge is 0.169 e. The quantitative estimate of drug-likeness (QED) is 0.732. The third-order valence-electron chi connectivity index (χ3n) is 5.19. The van der Waals surface area contributed by atoms with Crippen molar-refractivity contribution in [3.8, 4) is 0 Å². The van der Waals surface area contributed by atoms with Gasteiger partial charge in [-0.2, -0.15) is 0 Å². The number of piperidine rings is 1. The SMILES string of the molecule is S=C(NC1CCCCC1)N1CCCC2CCCC21. The fourth-order valence-corrected chi connectivity index (χ4v) is 4.60. The first-order chi connectivity index (χ1) is 8.84. The molecular weight excluding hydrogens is 240 g/mol. The lowest BCUT2D eigenvalue weighted by Gasteiger charge is -2.40. The van der Waals surface area contributed by atoms with Crippen LogP contribution in [0.5, 0.6) is 0 Å². The second kappa shape index (κ2) is 5.77. The number of rotatable bonds is 1. The monoisotopic (exact) mass is 266 g/mol. The first-order valence-corrected chi connectivity index (χ1v) is 8.32. The van der Waals surface area contributed by atoms with Gasteiger partial charge in [-0.3, -0.25) is 0 Å². The fraction of sp³-hybridized carbons (Fsp3) is 0.933. The van der Waals surface area contributed by atoms with Crippen LogP contribution in [0.25, 0.3) is 0 Å². The van der Waals surface area contributed by atoms with Crippen molar-refractivity contribution in [2.45, 2.75) is 76.3 Å². The first-order valence-electron chi connectivity index (χ1n) is 7.92. The zero-order chi connectivity index (χ0) is 12.4. The summed E-state index contributed by atoms with van der Waals surface area (Å²) in [6.07, 6.45) is 13.8. The van der Waals surface area contributed by atoms with Gasteiger partial charge in [0.1, 0.15) is 0 Å². The molecule has 0 aromatic heterocycles. The maximum Gasteiger partial charge on any atom is 0.169 e. The minimum atomic E-state index is 0.660. The van der Waals surface area contributed by atoms with Crippen LogP contribution in [0.1, 0.15) is 64.2 Å². The molecule has 2 saturated carbocycles. The predicted molar refractivity (Wildman–Crippen MR) is 79.7 cm³/mol. The van der Waals surface area contributed by atoms with Gasteiger partial charge in [-0.05, 0) is 56.7 Å². The summed E-state index contributed by atoms with van der Waals surface area (Å²) in [5.41, 5.74) is 0. The lowest BCUT2D eigenvalue weighted by Crippen LogP contribution is -2.52. The van der Waals surface area contributed by atoms with Gasteiger partial charge in [0.05, 0.1) is 0 Å². The van der Waals surface area contributed by atoms with E-state index in [0.29, 0.717) is 6.04 Å². The van der Waals surface area contributed by atoms with Crippen LogP contribution in [0.4, 0.5) is 0 Å². The highest BCUT2D eigenvalue weighted by Crippen LogP contribution is 2.36. The Balaban J connectivity index is 1.57. The Bertz CT molecular complexity index is 299. The summed E-state index contributed by atoms with van der Waals surface area (Å²) in [6, 6.07) is 1.43. The molecule has 1 aliphatic heterocycles. The summed E-state index contributed by atoms with van der Waals surface area (Å²) >= 11 is 5.69. The molecule has 2 atom stereocenters. The number of hydrogen-bond donors (Lipinski definition) is 1. The largest absolute Gasteiger partial charge is 0.360 e. The molecule has 0 spiro atoms. The van der Waals surface area contributed by atoms with Crippen molar-refractivity contribution in [1.82, 2.24) is 10.2 Å². The summed E-state index contributed by atoms with van der Waals surface area (Å²) < 4.78 is 0. The average molecular weight is 266 g/mol. The second-order valence-corrected chi connectivity index (χ2v) is 6.77. The van der Waals surface area contributed by atoms with Gasteiger partial charge in [0.25, 0.3) is 0 Å². The third-order valence-corrected chi connectivity index (χ3v) is 5.54. The van der Waals surface area contributed by atoms with E-state index < -0.39 is 0 Å². The van der Waals surface area contributed by atoms with Crippen LogP contribution in [-0.4, -0.2) is 28.6 Å². The van der Waals surface area contributed by atoms with Gasteiger partial charge in [-0.15, -0.1) is 0 Å². The predicted octanol–water partition coefficient (Wildman–Crippen LogP) is 3.46. The molecule has 1 heterocycles.